The molecule has 0 saturated carbocycles. The molecule has 3 aromatic rings. The van der Waals surface area contributed by atoms with Gasteiger partial charge in [-0.25, -0.2) is 15.0 Å². The van der Waals surface area contributed by atoms with Crippen molar-refractivity contribution in [3.63, 3.8) is 0 Å². The number of benzene rings is 1. The molecule has 1 unspecified atom stereocenters. The third-order valence-electron chi connectivity index (χ3n) is 5.46. The number of nitrogens with two attached hydrogens (primary N) is 1. The van der Waals surface area contributed by atoms with E-state index < -0.39 is 23.7 Å². The molecule has 2 amide bonds. The number of nitrogens with one attached hydrogen (secondary N) is 1. The third kappa shape index (κ3) is 6.10. The molecule has 3 N–H and O–H groups in total. The van der Waals surface area contributed by atoms with Crippen LogP contribution in [0.15, 0.2) is 30.5 Å². The molecule has 1 aliphatic rings. The van der Waals surface area contributed by atoms with Gasteiger partial charge in [-0.3, -0.25) is 14.5 Å². The van der Waals surface area contributed by atoms with Crippen molar-refractivity contribution in [2.45, 2.75) is 18.5 Å². The number of hydrogen-bond acceptors (Lipinski definition) is 8. The maximum atomic E-state index is 13.1. The molecule has 1 saturated heterocycles. The minimum Gasteiger partial charge on any atom is -0.379 e. The van der Waals surface area contributed by atoms with Crippen molar-refractivity contribution in [1.29, 1.82) is 0 Å². The molecule has 186 valence electrons. The SMILES string of the molecule is NC(=O)C(c1nccc(C(F)(F)F)n1)c1nc2ccc(C(=O)NCCCN3CCOCC3)cc2s1. The molecule has 0 bridgehead atoms. The van der Waals surface area contributed by atoms with Crippen LogP contribution >= 0.6 is 11.3 Å². The number of fused-ring (bicyclic) bond motifs is 1. The van der Waals surface area contributed by atoms with Gasteiger partial charge in [0, 0.05) is 31.4 Å². The summed E-state index contributed by atoms with van der Waals surface area (Å²) >= 11 is 1.05. The van der Waals surface area contributed by atoms with Crippen LogP contribution in [0.25, 0.3) is 10.2 Å². The van der Waals surface area contributed by atoms with Crippen LogP contribution in [-0.4, -0.2) is 71.1 Å². The highest BCUT2D eigenvalue weighted by molar-refractivity contribution is 7.18. The van der Waals surface area contributed by atoms with Crippen LogP contribution in [0.2, 0.25) is 0 Å². The second kappa shape index (κ2) is 10.6. The van der Waals surface area contributed by atoms with Gasteiger partial charge in [0.1, 0.15) is 22.4 Å². The van der Waals surface area contributed by atoms with E-state index in [0.717, 1.165) is 56.8 Å². The lowest BCUT2D eigenvalue weighted by atomic mass is 10.1. The van der Waals surface area contributed by atoms with Crippen LogP contribution in [0.5, 0.6) is 0 Å². The van der Waals surface area contributed by atoms with Crippen LogP contribution in [0.3, 0.4) is 0 Å². The lowest BCUT2D eigenvalue weighted by Gasteiger charge is -2.26. The summed E-state index contributed by atoms with van der Waals surface area (Å²) in [4.78, 5) is 38.6. The summed E-state index contributed by atoms with van der Waals surface area (Å²) in [6.07, 6.45) is -2.97. The van der Waals surface area contributed by atoms with Crippen molar-refractivity contribution in [2.24, 2.45) is 5.73 Å². The number of halogens is 3. The maximum Gasteiger partial charge on any atom is 0.433 e. The smallest absolute Gasteiger partial charge is 0.379 e. The summed E-state index contributed by atoms with van der Waals surface area (Å²) in [6.45, 7) is 4.59. The summed E-state index contributed by atoms with van der Waals surface area (Å²) in [5, 5.41) is 3.03. The van der Waals surface area contributed by atoms with Gasteiger partial charge in [0.2, 0.25) is 5.91 Å². The predicted octanol–water partition coefficient (Wildman–Crippen LogP) is 2.17. The van der Waals surface area contributed by atoms with Gasteiger partial charge in [0.25, 0.3) is 5.91 Å². The maximum absolute atomic E-state index is 13.1. The Kier molecular flexibility index (Phi) is 7.57. The molecule has 3 heterocycles. The van der Waals surface area contributed by atoms with Crippen molar-refractivity contribution in [2.75, 3.05) is 39.4 Å². The minimum atomic E-state index is -4.70. The van der Waals surface area contributed by atoms with E-state index in [1.54, 1.807) is 18.2 Å². The van der Waals surface area contributed by atoms with Gasteiger partial charge in [0.15, 0.2) is 0 Å². The second-order valence-electron chi connectivity index (χ2n) is 7.93. The predicted molar refractivity (Wildman–Crippen MR) is 122 cm³/mol. The molecule has 1 atom stereocenters. The first-order valence-electron chi connectivity index (χ1n) is 10.9. The van der Waals surface area contributed by atoms with E-state index >= 15 is 0 Å². The number of ether oxygens (including phenoxy) is 1. The number of hydrogen-bond donors (Lipinski definition) is 2. The van der Waals surface area contributed by atoms with Gasteiger partial charge in [-0.1, -0.05) is 0 Å². The summed E-state index contributed by atoms with van der Waals surface area (Å²) in [5.74, 6) is -2.92. The summed E-state index contributed by atoms with van der Waals surface area (Å²) in [6, 6.07) is 5.55. The number of carbonyl (C=O) groups is 2. The average molecular weight is 509 g/mol. The largest absolute Gasteiger partial charge is 0.433 e. The zero-order chi connectivity index (χ0) is 25.0. The van der Waals surface area contributed by atoms with Crippen LogP contribution in [0.1, 0.15) is 39.2 Å². The normalized spacial score (nSPS) is 15.7. The number of thiazole rings is 1. The number of alkyl halides is 3. The zero-order valence-corrected chi connectivity index (χ0v) is 19.4. The summed E-state index contributed by atoms with van der Waals surface area (Å²) in [7, 11) is 0. The number of aromatic nitrogens is 3. The Morgan fingerprint density at radius 2 is 1.97 bits per heavy atom. The van der Waals surface area contributed by atoms with E-state index in [1.807, 2.05) is 0 Å². The molecule has 4 rings (SSSR count). The van der Waals surface area contributed by atoms with Gasteiger partial charge < -0.3 is 15.8 Å². The van der Waals surface area contributed by atoms with Gasteiger partial charge in [-0.15, -0.1) is 11.3 Å². The Morgan fingerprint density at radius 1 is 1.20 bits per heavy atom. The van der Waals surface area contributed by atoms with E-state index in [1.165, 1.54) is 0 Å². The van der Waals surface area contributed by atoms with Crippen molar-refractivity contribution in [3.05, 3.63) is 52.6 Å². The molecular weight excluding hydrogens is 485 g/mol. The Labute approximate surface area is 202 Å². The molecule has 1 aliphatic heterocycles. The van der Waals surface area contributed by atoms with Gasteiger partial charge in [-0.2, -0.15) is 13.2 Å². The van der Waals surface area contributed by atoms with Crippen molar-refractivity contribution in [3.8, 4) is 0 Å². The number of nitrogens with zero attached hydrogens (tertiary/aromatic N) is 4. The standard InChI is InChI=1S/C22H23F3N6O3S/c23-22(24,25)16-4-6-27-19(30-16)17(18(26)32)21-29-14-3-2-13(12-15(14)35-21)20(33)28-5-1-7-31-8-10-34-11-9-31/h2-4,6,12,17H,1,5,7-11H2,(H2,26,32)(H,28,33). The fourth-order valence-corrected chi connectivity index (χ4v) is 4.78. The van der Waals surface area contributed by atoms with E-state index in [-0.39, 0.29) is 16.7 Å². The van der Waals surface area contributed by atoms with Gasteiger partial charge >= 0.3 is 6.18 Å². The van der Waals surface area contributed by atoms with Crippen LogP contribution in [0, 0.1) is 0 Å². The van der Waals surface area contributed by atoms with Crippen molar-refractivity contribution in [1.82, 2.24) is 25.2 Å². The molecule has 1 fully saturated rings. The monoisotopic (exact) mass is 508 g/mol. The molecule has 0 radical (unpaired) electrons. The Hall–Kier alpha value is -3.16. The van der Waals surface area contributed by atoms with E-state index in [4.69, 9.17) is 10.5 Å². The van der Waals surface area contributed by atoms with E-state index in [2.05, 4.69) is 25.2 Å². The molecule has 13 heteroatoms. The topological polar surface area (TPSA) is 123 Å². The number of morpholine rings is 1. The second-order valence-corrected chi connectivity index (χ2v) is 8.99. The number of rotatable bonds is 8. The molecule has 9 nitrogen and oxygen atoms in total. The quantitative estimate of drug-likeness (QED) is 0.447. The number of carbonyl (C=O) groups excluding carboxylic acids is 2. The third-order valence-corrected chi connectivity index (χ3v) is 6.54. The molecule has 35 heavy (non-hydrogen) atoms. The molecule has 1 aromatic carbocycles. The molecule has 2 aromatic heterocycles. The van der Waals surface area contributed by atoms with Crippen molar-refractivity contribution >= 4 is 33.4 Å². The highest BCUT2D eigenvalue weighted by Crippen LogP contribution is 2.33. The van der Waals surface area contributed by atoms with Crippen LogP contribution in [-0.2, 0) is 15.7 Å². The zero-order valence-electron chi connectivity index (χ0n) is 18.5. The Morgan fingerprint density at radius 3 is 2.69 bits per heavy atom. The molecular formula is C22H23F3N6O3S. The van der Waals surface area contributed by atoms with Gasteiger partial charge in [0.05, 0.1) is 23.4 Å². The highest BCUT2D eigenvalue weighted by atomic mass is 32.1. The number of amides is 2. The fourth-order valence-electron chi connectivity index (χ4n) is 3.67. The Bertz CT molecular complexity index is 1210. The van der Waals surface area contributed by atoms with Crippen LogP contribution in [0.4, 0.5) is 13.2 Å². The van der Waals surface area contributed by atoms with Crippen molar-refractivity contribution < 1.29 is 27.5 Å². The first kappa shape index (κ1) is 24.9. The summed E-state index contributed by atoms with van der Waals surface area (Å²) < 4.78 is 45.1. The summed E-state index contributed by atoms with van der Waals surface area (Å²) in [5.41, 5.74) is 5.18. The lowest BCUT2D eigenvalue weighted by molar-refractivity contribution is -0.141. The first-order chi connectivity index (χ1) is 16.7. The number of primary amides is 1. The van der Waals surface area contributed by atoms with Crippen LogP contribution < -0.4 is 11.1 Å². The van der Waals surface area contributed by atoms with Gasteiger partial charge in [-0.05, 0) is 37.2 Å². The molecule has 0 aliphatic carbocycles. The highest BCUT2D eigenvalue weighted by Gasteiger charge is 2.35. The minimum absolute atomic E-state index is 0.148. The molecule has 0 spiro atoms. The Balaban J connectivity index is 1.47. The van der Waals surface area contributed by atoms with E-state index in [0.29, 0.717) is 28.4 Å². The fraction of sp³-hybridized carbons (Fsp3) is 0.409. The average Bonchev–Trinajstić information content (AvgIpc) is 3.24. The van der Waals surface area contributed by atoms with E-state index in [9.17, 15) is 22.8 Å². The first-order valence-corrected chi connectivity index (χ1v) is 11.7. The lowest BCUT2D eigenvalue weighted by Crippen LogP contribution is -2.38.